The van der Waals surface area contributed by atoms with E-state index in [4.69, 9.17) is 51.4 Å². The maximum Gasteiger partial charge on any atom is 0.322 e. The number of ether oxygens (including phenoxy) is 2. The van der Waals surface area contributed by atoms with Gasteiger partial charge in [-0.05, 0) is 110 Å². The molecule has 0 fully saturated rings. The molecule has 0 aliphatic carbocycles. The number of aromatic nitrogens is 5. The Morgan fingerprint density at radius 1 is 0.329 bits per heavy atom. The van der Waals surface area contributed by atoms with Gasteiger partial charge in [0, 0.05) is 0 Å². The third-order valence-corrected chi connectivity index (χ3v) is 18.0. The van der Waals surface area contributed by atoms with Gasteiger partial charge in [0.2, 0.25) is 11.5 Å². The molecule has 0 radical (unpaired) electrons. The van der Waals surface area contributed by atoms with E-state index in [0.29, 0.717) is 51.7 Å². The topological polar surface area (TPSA) is 125 Å². The largest absolute Gasteiger partial charge is 0.493 e. The molecule has 354 valence electrons. The lowest BCUT2D eigenvalue weighted by molar-refractivity contribution is 0.210. The second kappa shape index (κ2) is 24.0. The van der Waals surface area contributed by atoms with Crippen molar-refractivity contribution in [3.63, 3.8) is 0 Å². The lowest BCUT2D eigenvalue weighted by Crippen LogP contribution is -2.19. The van der Waals surface area contributed by atoms with Crippen LogP contribution in [0.4, 0.5) is 0 Å². The number of hydrogen-bond donors (Lipinski definition) is 0. The Bertz CT molecular complexity index is 3190. The van der Waals surface area contributed by atoms with E-state index in [2.05, 4.69) is 0 Å². The highest BCUT2D eigenvalue weighted by Gasteiger charge is 2.28. The molecule has 0 saturated carbocycles. The zero-order chi connectivity index (χ0) is 47.7. The van der Waals surface area contributed by atoms with Gasteiger partial charge in [-0.2, -0.15) is 0 Å². The number of methoxy groups -OCH3 is 2. The van der Waals surface area contributed by atoms with Crippen molar-refractivity contribution in [2.45, 2.75) is 0 Å². The van der Waals surface area contributed by atoms with E-state index >= 15 is 0 Å². The van der Waals surface area contributed by atoms with Gasteiger partial charge in [0.1, 0.15) is 23.0 Å². The number of benzene rings is 8. The quantitative estimate of drug-likeness (QED) is 0.0815. The van der Waals surface area contributed by atoms with Gasteiger partial charge >= 0.3 is 32.3 Å². The molecule has 20 heteroatoms. The SMILES string of the molecule is COc1cccc(On2pnp(Oc3ccccc3)n(Oc3ccccc3)p(Oc3ccccc3)n(Oc3ccccc3)p(Oc3ccccc3)n(Oc3ccccc3)p2Oc2ccccc2)c1OC. The van der Waals surface area contributed by atoms with Gasteiger partial charge < -0.3 is 46.9 Å². The van der Waals surface area contributed by atoms with Crippen molar-refractivity contribution in [3.8, 4) is 57.5 Å². The van der Waals surface area contributed by atoms with Gasteiger partial charge in [-0.15, -0.1) is 4.51 Å². The van der Waals surface area contributed by atoms with Crippen molar-refractivity contribution < 1.29 is 46.9 Å². The van der Waals surface area contributed by atoms with Crippen LogP contribution in [0.1, 0.15) is 0 Å². The van der Waals surface area contributed by atoms with Crippen LogP contribution >= 0.6 is 40.8 Å². The minimum Gasteiger partial charge on any atom is -0.493 e. The first-order chi connectivity index (χ1) is 34.6. The van der Waals surface area contributed by atoms with E-state index < -0.39 is 32.3 Å². The summed E-state index contributed by atoms with van der Waals surface area (Å²) in [5.74, 6) is 4.24. The van der Waals surface area contributed by atoms with Crippen molar-refractivity contribution in [1.29, 1.82) is 0 Å². The molecular formula is C50H44N5O10P5. The summed E-state index contributed by atoms with van der Waals surface area (Å²) in [5, 5.41) is 0. The second-order valence-corrected chi connectivity index (χ2v) is 21.9. The molecule has 8 aromatic carbocycles. The van der Waals surface area contributed by atoms with Crippen molar-refractivity contribution in [3.05, 3.63) is 231 Å². The molecule has 1 heterocycles. The van der Waals surface area contributed by atoms with Crippen molar-refractivity contribution in [2.24, 2.45) is 0 Å². The molecular weight excluding hydrogens is 985 g/mol. The summed E-state index contributed by atoms with van der Waals surface area (Å²) < 4.78 is 51.9. The average molecular weight is 1030 g/mol. The maximum absolute atomic E-state index is 7.29. The molecule has 4 atom stereocenters. The number of rotatable bonds is 18. The first-order valence-corrected chi connectivity index (χ1v) is 26.9. The van der Waals surface area contributed by atoms with Crippen LogP contribution in [0.2, 0.25) is 0 Å². The standard InChI is InChI=1S/C50H44N5O10P5/c1-56-48-39-24-40-49(50(48)57-2)61-52-66-51-67(62-44-31-16-6-17-32-44)53(58-41-25-10-3-11-26-41)69(64-46-35-20-8-21-36-46)55(60-43-29-14-5-15-30-43)70(65-47-37-22-9-23-38-47)54(59-42-27-12-4-13-28-42)68(52)63-45-33-18-7-19-34-45/h3-40H,1-2H3. The van der Waals surface area contributed by atoms with E-state index in [0.717, 1.165) is 0 Å². The predicted molar refractivity (Wildman–Crippen MR) is 275 cm³/mol. The molecule has 1 aromatic heterocycles. The molecule has 9 aromatic rings. The van der Waals surface area contributed by atoms with E-state index in [1.54, 1.807) is 38.1 Å². The Balaban J connectivity index is 1.53. The fourth-order valence-corrected chi connectivity index (χ4v) is 15.6. The van der Waals surface area contributed by atoms with Crippen molar-refractivity contribution in [1.82, 2.24) is 21.5 Å². The molecule has 4 unspecified atom stereocenters. The summed E-state index contributed by atoms with van der Waals surface area (Å²) in [6.07, 6.45) is 0. The Hall–Kier alpha value is -7.74. The van der Waals surface area contributed by atoms with Crippen molar-refractivity contribution in [2.75, 3.05) is 14.2 Å². The summed E-state index contributed by atoms with van der Waals surface area (Å²) in [7, 11) is -6.48. The highest BCUT2D eigenvalue weighted by Crippen LogP contribution is 2.49. The third-order valence-electron chi connectivity index (χ3n) is 9.28. The molecule has 9 rings (SSSR count). The second-order valence-electron chi connectivity index (χ2n) is 14.1. The van der Waals surface area contributed by atoms with Crippen LogP contribution in [-0.2, 0) is 0 Å². The normalized spacial score (nSPS) is 11.6. The fraction of sp³-hybridized carbons (Fsp3) is 0.0400. The summed E-state index contributed by atoms with van der Waals surface area (Å²) >= 11 is 0. The fourth-order valence-electron chi connectivity index (χ4n) is 6.10. The Labute approximate surface area is 409 Å². The van der Waals surface area contributed by atoms with Crippen LogP contribution in [0.25, 0.3) is 0 Å². The summed E-state index contributed by atoms with van der Waals surface area (Å²) in [5.41, 5.74) is 0. The molecule has 0 N–H and O–H groups in total. The van der Waals surface area contributed by atoms with E-state index in [1.165, 1.54) is 11.4 Å². The van der Waals surface area contributed by atoms with Gasteiger partial charge in [0.05, 0.1) is 14.2 Å². The van der Waals surface area contributed by atoms with Crippen LogP contribution < -0.4 is 46.9 Å². The lowest BCUT2D eigenvalue weighted by atomic mass is 10.3. The molecule has 0 aliphatic rings. The van der Waals surface area contributed by atoms with Crippen LogP contribution in [0.15, 0.2) is 231 Å². The summed E-state index contributed by atoms with van der Waals surface area (Å²) in [6, 6.07) is 70.6. The lowest BCUT2D eigenvalue weighted by Gasteiger charge is -2.25. The van der Waals surface area contributed by atoms with Gasteiger partial charge in [-0.1, -0.05) is 138 Å². The van der Waals surface area contributed by atoms with E-state index in [1.807, 2.05) is 212 Å². The molecule has 70 heavy (non-hydrogen) atoms. The highest BCUT2D eigenvalue weighted by atomic mass is 31.2. The minimum atomic E-state index is -2.53. The molecule has 0 bridgehead atoms. The first-order valence-electron chi connectivity index (χ1n) is 21.4. The molecule has 15 nitrogen and oxygen atoms in total. The monoisotopic (exact) mass is 1030 g/mol. The van der Waals surface area contributed by atoms with E-state index in [9.17, 15) is 0 Å². The Morgan fingerprint density at radius 2 is 0.671 bits per heavy atom. The molecule has 0 amide bonds. The van der Waals surface area contributed by atoms with Gasteiger partial charge in [-0.25, -0.2) is 0 Å². The zero-order valence-corrected chi connectivity index (χ0v) is 42.0. The van der Waals surface area contributed by atoms with Crippen LogP contribution in [-0.4, -0.2) is 35.8 Å². The summed E-state index contributed by atoms with van der Waals surface area (Å²) in [4.78, 5) is 28.3. The maximum atomic E-state index is 7.29. The molecule has 0 spiro atoms. The van der Waals surface area contributed by atoms with Gasteiger partial charge in [0.25, 0.3) is 0 Å². The number of nitrogens with zero attached hydrogens (tertiary/aromatic N) is 5. The Morgan fingerprint density at radius 3 is 1.09 bits per heavy atom. The minimum absolute atomic E-state index is 0.147. The number of para-hydroxylation sites is 8. The van der Waals surface area contributed by atoms with Gasteiger partial charge in [-0.3, -0.25) is 0 Å². The van der Waals surface area contributed by atoms with Crippen LogP contribution in [0.3, 0.4) is 0 Å². The third kappa shape index (κ3) is 12.3. The number of hydrogen-bond acceptors (Lipinski definition) is 11. The molecule has 0 saturated heterocycles. The smallest absolute Gasteiger partial charge is 0.322 e. The van der Waals surface area contributed by atoms with Crippen LogP contribution in [0, 0.1) is 0 Å². The van der Waals surface area contributed by atoms with Gasteiger partial charge in [0.15, 0.2) is 31.5 Å². The first kappa shape index (κ1) is 47.3. The highest BCUT2D eigenvalue weighted by molar-refractivity contribution is 7.58. The Kier molecular flexibility index (Phi) is 16.2. The summed E-state index contributed by atoms with van der Waals surface area (Å²) in [6.45, 7) is 0. The van der Waals surface area contributed by atoms with Crippen molar-refractivity contribution >= 4 is 40.8 Å². The molecule has 0 aliphatic heterocycles. The zero-order valence-electron chi connectivity index (χ0n) is 37.5. The van der Waals surface area contributed by atoms with Crippen LogP contribution in [0.5, 0.6) is 57.5 Å². The predicted octanol–water partition coefficient (Wildman–Crippen LogP) is 14.9. The van der Waals surface area contributed by atoms with E-state index in [-0.39, 0.29) is 14.3 Å². The average Bonchev–Trinajstić information content (AvgIpc) is 3.42.